The lowest BCUT2D eigenvalue weighted by molar-refractivity contribution is -0.124. The Hall–Kier alpha value is -2.05. The van der Waals surface area contributed by atoms with Crippen LogP contribution in [0.3, 0.4) is 0 Å². The van der Waals surface area contributed by atoms with Crippen molar-refractivity contribution in [3.8, 4) is 5.75 Å². The van der Waals surface area contributed by atoms with Crippen LogP contribution in [0, 0.1) is 0 Å². The van der Waals surface area contributed by atoms with Crippen LogP contribution in [-0.2, 0) is 9.53 Å². The molecule has 1 aromatic heterocycles. The SMILES string of the molecule is CC(NC(=O)COC(=O)c1cc(Cl)ccc1O)c1cccs1. The number of hydrogen-bond acceptors (Lipinski definition) is 5. The van der Waals surface area contributed by atoms with Gasteiger partial charge in [0.05, 0.1) is 6.04 Å². The van der Waals surface area contributed by atoms with Crippen LogP contribution in [0.2, 0.25) is 5.02 Å². The summed E-state index contributed by atoms with van der Waals surface area (Å²) in [4.78, 5) is 24.6. The second-order valence-electron chi connectivity index (χ2n) is 4.54. The Labute approximate surface area is 136 Å². The van der Waals surface area contributed by atoms with Gasteiger partial charge in [0, 0.05) is 9.90 Å². The van der Waals surface area contributed by atoms with Gasteiger partial charge in [-0.05, 0) is 36.6 Å². The fourth-order valence-electron chi connectivity index (χ4n) is 1.77. The second-order valence-corrected chi connectivity index (χ2v) is 5.96. The highest BCUT2D eigenvalue weighted by atomic mass is 35.5. The maximum atomic E-state index is 11.8. The number of benzene rings is 1. The number of halogens is 1. The third-order valence-corrected chi connectivity index (χ3v) is 4.15. The van der Waals surface area contributed by atoms with Gasteiger partial charge in [0.25, 0.3) is 5.91 Å². The van der Waals surface area contributed by atoms with Crippen LogP contribution in [0.15, 0.2) is 35.7 Å². The fourth-order valence-corrected chi connectivity index (χ4v) is 2.68. The van der Waals surface area contributed by atoms with E-state index in [1.165, 1.54) is 29.5 Å². The lowest BCUT2D eigenvalue weighted by Gasteiger charge is -2.12. The smallest absolute Gasteiger partial charge is 0.342 e. The monoisotopic (exact) mass is 339 g/mol. The van der Waals surface area contributed by atoms with Crippen LogP contribution in [0.1, 0.15) is 28.2 Å². The number of nitrogens with one attached hydrogen (secondary N) is 1. The molecule has 116 valence electrons. The van der Waals surface area contributed by atoms with Crippen LogP contribution >= 0.6 is 22.9 Å². The molecule has 0 aliphatic rings. The van der Waals surface area contributed by atoms with E-state index >= 15 is 0 Å². The first-order chi connectivity index (χ1) is 10.5. The first-order valence-electron chi connectivity index (χ1n) is 6.46. The summed E-state index contributed by atoms with van der Waals surface area (Å²) >= 11 is 7.28. The standard InChI is InChI=1S/C15H14ClNO4S/c1-9(13-3-2-6-22-13)17-14(19)8-21-15(20)11-7-10(16)4-5-12(11)18/h2-7,9,18H,8H2,1H3,(H,17,19). The summed E-state index contributed by atoms with van der Waals surface area (Å²) in [5, 5.41) is 14.5. The number of aromatic hydroxyl groups is 1. The average Bonchev–Trinajstić information content (AvgIpc) is 3.01. The Morgan fingerprint density at radius 1 is 1.41 bits per heavy atom. The molecule has 1 heterocycles. The Bertz CT molecular complexity index is 672. The van der Waals surface area contributed by atoms with Crippen LogP contribution in [0.5, 0.6) is 5.75 Å². The van der Waals surface area contributed by atoms with Crippen LogP contribution in [0.4, 0.5) is 0 Å². The van der Waals surface area contributed by atoms with Gasteiger partial charge in [-0.1, -0.05) is 17.7 Å². The summed E-state index contributed by atoms with van der Waals surface area (Å²) in [6.07, 6.45) is 0. The number of carbonyl (C=O) groups excluding carboxylic acids is 2. The molecule has 2 N–H and O–H groups in total. The molecule has 1 atom stereocenters. The molecule has 1 unspecified atom stereocenters. The van der Waals surface area contributed by atoms with E-state index in [4.69, 9.17) is 16.3 Å². The summed E-state index contributed by atoms with van der Waals surface area (Å²) in [6.45, 7) is 1.41. The van der Waals surface area contributed by atoms with Gasteiger partial charge >= 0.3 is 5.97 Å². The molecule has 22 heavy (non-hydrogen) atoms. The number of ether oxygens (including phenoxy) is 1. The van der Waals surface area contributed by atoms with Crippen molar-refractivity contribution in [1.29, 1.82) is 0 Å². The third kappa shape index (κ3) is 4.22. The molecule has 5 nitrogen and oxygen atoms in total. The van der Waals surface area contributed by atoms with Crippen LogP contribution in [-0.4, -0.2) is 23.6 Å². The Morgan fingerprint density at radius 2 is 2.18 bits per heavy atom. The van der Waals surface area contributed by atoms with Gasteiger partial charge in [-0.3, -0.25) is 4.79 Å². The predicted octanol–water partition coefficient (Wildman–Crippen LogP) is 3.14. The van der Waals surface area contributed by atoms with Crippen LogP contribution in [0.25, 0.3) is 0 Å². The average molecular weight is 340 g/mol. The largest absolute Gasteiger partial charge is 0.507 e. The zero-order chi connectivity index (χ0) is 16.1. The van der Waals surface area contributed by atoms with Gasteiger partial charge in [-0.2, -0.15) is 0 Å². The van der Waals surface area contributed by atoms with Crippen molar-refractivity contribution in [3.63, 3.8) is 0 Å². The molecule has 0 bridgehead atoms. The normalized spacial score (nSPS) is 11.7. The molecular weight excluding hydrogens is 326 g/mol. The molecule has 7 heteroatoms. The lowest BCUT2D eigenvalue weighted by atomic mass is 10.2. The number of phenolic OH excluding ortho intramolecular Hbond substituents is 1. The molecule has 2 rings (SSSR count). The summed E-state index contributed by atoms with van der Waals surface area (Å²) in [5.74, 6) is -1.48. The summed E-state index contributed by atoms with van der Waals surface area (Å²) in [7, 11) is 0. The topological polar surface area (TPSA) is 75.6 Å². The number of amides is 1. The molecule has 0 fully saturated rings. The lowest BCUT2D eigenvalue weighted by Crippen LogP contribution is -2.30. The predicted molar refractivity (Wildman–Crippen MR) is 84.3 cm³/mol. The van der Waals surface area contributed by atoms with E-state index < -0.39 is 18.5 Å². The van der Waals surface area contributed by atoms with Crippen molar-refractivity contribution in [1.82, 2.24) is 5.32 Å². The fraction of sp³-hybridized carbons (Fsp3) is 0.200. The van der Waals surface area contributed by atoms with E-state index in [1.54, 1.807) is 0 Å². The number of esters is 1. The molecule has 1 aromatic carbocycles. The Morgan fingerprint density at radius 3 is 2.86 bits per heavy atom. The molecule has 0 radical (unpaired) electrons. The number of carbonyl (C=O) groups is 2. The molecule has 0 spiro atoms. The first-order valence-corrected chi connectivity index (χ1v) is 7.71. The third-order valence-electron chi connectivity index (χ3n) is 2.86. The summed E-state index contributed by atoms with van der Waals surface area (Å²) in [6, 6.07) is 7.66. The van der Waals surface area contributed by atoms with Gasteiger partial charge in [-0.25, -0.2) is 4.79 Å². The van der Waals surface area contributed by atoms with Crippen molar-refractivity contribution in [2.75, 3.05) is 6.61 Å². The van der Waals surface area contributed by atoms with Crippen LogP contribution < -0.4 is 5.32 Å². The quantitative estimate of drug-likeness (QED) is 0.820. The van der Waals surface area contributed by atoms with E-state index in [2.05, 4.69) is 5.32 Å². The Balaban J connectivity index is 1.88. The van der Waals surface area contributed by atoms with E-state index in [-0.39, 0.29) is 17.4 Å². The second kappa shape index (κ2) is 7.29. The summed E-state index contributed by atoms with van der Waals surface area (Å²) < 4.78 is 4.88. The maximum Gasteiger partial charge on any atom is 0.342 e. The van der Waals surface area contributed by atoms with Gasteiger partial charge in [0.1, 0.15) is 11.3 Å². The van der Waals surface area contributed by atoms with Gasteiger partial charge in [-0.15, -0.1) is 11.3 Å². The van der Waals surface area contributed by atoms with E-state index in [1.807, 2.05) is 24.4 Å². The molecule has 0 saturated carbocycles. The minimum Gasteiger partial charge on any atom is -0.507 e. The van der Waals surface area contributed by atoms with Gasteiger partial charge in [0.2, 0.25) is 0 Å². The van der Waals surface area contributed by atoms with E-state index in [9.17, 15) is 14.7 Å². The van der Waals surface area contributed by atoms with E-state index in [0.29, 0.717) is 5.02 Å². The van der Waals surface area contributed by atoms with Crippen molar-refractivity contribution in [2.45, 2.75) is 13.0 Å². The van der Waals surface area contributed by atoms with Crippen molar-refractivity contribution in [2.24, 2.45) is 0 Å². The van der Waals surface area contributed by atoms with Crippen molar-refractivity contribution >= 4 is 34.8 Å². The minimum atomic E-state index is -0.807. The zero-order valence-corrected chi connectivity index (χ0v) is 13.3. The molecule has 0 aliphatic heterocycles. The Kier molecular flexibility index (Phi) is 5.41. The van der Waals surface area contributed by atoms with Crippen molar-refractivity contribution in [3.05, 3.63) is 51.2 Å². The summed E-state index contributed by atoms with van der Waals surface area (Å²) in [5.41, 5.74) is -0.0772. The van der Waals surface area contributed by atoms with E-state index in [0.717, 1.165) is 4.88 Å². The molecule has 2 aromatic rings. The number of thiophene rings is 1. The first kappa shape index (κ1) is 16.3. The minimum absolute atomic E-state index is 0.0772. The highest BCUT2D eigenvalue weighted by Crippen LogP contribution is 2.22. The number of phenols is 1. The molecule has 0 saturated heterocycles. The highest BCUT2D eigenvalue weighted by Gasteiger charge is 2.16. The number of hydrogen-bond donors (Lipinski definition) is 2. The van der Waals surface area contributed by atoms with Gasteiger partial charge < -0.3 is 15.2 Å². The van der Waals surface area contributed by atoms with Gasteiger partial charge in [0.15, 0.2) is 6.61 Å². The molecular formula is C15H14ClNO4S. The molecule has 1 amide bonds. The highest BCUT2D eigenvalue weighted by molar-refractivity contribution is 7.10. The maximum absolute atomic E-state index is 11.8. The molecule has 0 aliphatic carbocycles. The van der Waals surface area contributed by atoms with Crippen molar-refractivity contribution < 1.29 is 19.4 Å². The zero-order valence-electron chi connectivity index (χ0n) is 11.7. The number of rotatable bonds is 5.